The molecule has 1 heterocycles. The fourth-order valence-corrected chi connectivity index (χ4v) is 2.74. The Balaban J connectivity index is 2.38. The molecule has 1 amide bonds. The number of hydrogen-bond acceptors (Lipinski definition) is 4. The summed E-state index contributed by atoms with van der Waals surface area (Å²) in [5, 5.41) is 9.25. The minimum atomic E-state index is -1.14. The van der Waals surface area contributed by atoms with Gasteiger partial charge in [-0.2, -0.15) is 0 Å². The van der Waals surface area contributed by atoms with E-state index in [0.29, 0.717) is 4.47 Å². The van der Waals surface area contributed by atoms with Crippen LogP contribution in [0.5, 0.6) is 0 Å². The van der Waals surface area contributed by atoms with Crippen LogP contribution in [0.2, 0.25) is 0 Å². The molecule has 1 fully saturated rings. The fourth-order valence-electron chi connectivity index (χ4n) is 2.21. The summed E-state index contributed by atoms with van der Waals surface area (Å²) < 4.78 is 5.01. The van der Waals surface area contributed by atoms with Gasteiger partial charge in [-0.15, -0.1) is 0 Å². The molecule has 2 rings (SSSR count). The molecule has 1 atom stereocenters. The number of benzene rings is 1. The Bertz CT molecular complexity index is 586. The number of nitrogens with zero attached hydrogens (tertiary/aromatic N) is 1. The third-order valence-electron chi connectivity index (χ3n) is 3.16. The minimum absolute atomic E-state index is 0.00589. The first kappa shape index (κ1) is 14.5. The van der Waals surface area contributed by atoms with Gasteiger partial charge < -0.3 is 14.7 Å². The number of carboxylic acids is 1. The van der Waals surface area contributed by atoms with E-state index in [0.717, 1.165) is 0 Å². The first-order valence-corrected chi connectivity index (χ1v) is 6.65. The van der Waals surface area contributed by atoms with Crippen LogP contribution in [0.25, 0.3) is 0 Å². The fraction of sp³-hybridized carbons (Fsp3) is 0.308. The average molecular weight is 342 g/mol. The highest BCUT2D eigenvalue weighted by atomic mass is 79.9. The first-order valence-electron chi connectivity index (χ1n) is 5.85. The summed E-state index contributed by atoms with van der Waals surface area (Å²) >= 11 is 3.16. The Kier molecular flexibility index (Phi) is 4.08. The predicted octanol–water partition coefficient (Wildman–Crippen LogP) is 1.67. The van der Waals surface area contributed by atoms with E-state index in [2.05, 4.69) is 20.7 Å². The van der Waals surface area contributed by atoms with Gasteiger partial charge in [-0.1, -0.05) is 6.07 Å². The van der Waals surface area contributed by atoms with Crippen LogP contribution < -0.4 is 4.90 Å². The van der Waals surface area contributed by atoms with Crippen molar-refractivity contribution in [1.82, 2.24) is 0 Å². The van der Waals surface area contributed by atoms with Gasteiger partial charge in [0.15, 0.2) is 0 Å². The van der Waals surface area contributed by atoms with Crippen LogP contribution in [-0.4, -0.2) is 36.6 Å². The number of carbonyl (C=O) groups is 3. The molecule has 0 saturated carbocycles. The molecule has 0 aromatic heterocycles. The molecule has 1 aliphatic heterocycles. The Morgan fingerprint density at radius 3 is 2.75 bits per heavy atom. The van der Waals surface area contributed by atoms with E-state index < -0.39 is 17.9 Å². The lowest BCUT2D eigenvalue weighted by Crippen LogP contribution is -2.28. The largest absolute Gasteiger partial charge is 0.478 e. The number of anilines is 1. The number of halogens is 1. The van der Waals surface area contributed by atoms with Crippen molar-refractivity contribution in [2.24, 2.45) is 5.92 Å². The smallest absolute Gasteiger partial charge is 0.338 e. The van der Waals surface area contributed by atoms with Crippen molar-refractivity contribution in [3.8, 4) is 0 Å². The lowest BCUT2D eigenvalue weighted by molar-refractivity contribution is -0.145. The van der Waals surface area contributed by atoms with Crippen LogP contribution in [0.4, 0.5) is 5.69 Å². The van der Waals surface area contributed by atoms with E-state index in [1.165, 1.54) is 12.0 Å². The third kappa shape index (κ3) is 2.53. The Labute approximate surface area is 123 Å². The number of rotatable bonds is 3. The number of amides is 1. The molecule has 1 aromatic carbocycles. The lowest BCUT2D eigenvalue weighted by atomic mass is 10.1. The molecule has 1 aliphatic rings. The standard InChI is InChI=1S/C13H12BrNO5/c1-20-13(19)7-5-10(16)15(6-7)9-4-2-3-8(14)11(9)12(17)18/h2-4,7H,5-6H2,1H3,(H,17,18). The summed E-state index contributed by atoms with van der Waals surface area (Å²) in [5.41, 5.74) is 0.287. The molecule has 1 aromatic rings. The van der Waals surface area contributed by atoms with Crippen molar-refractivity contribution in [2.75, 3.05) is 18.6 Å². The van der Waals surface area contributed by atoms with E-state index in [9.17, 15) is 19.5 Å². The molecule has 0 radical (unpaired) electrons. The van der Waals surface area contributed by atoms with Crippen LogP contribution in [-0.2, 0) is 14.3 Å². The van der Waals surface area contributed by atoms with Gasteiger partial charge in [-0.25, -0.2) is 4.79 Å². The maximum absolute atomic E-state index is 12.0. The SMILES string of the molecule is COC(=O)C1CC(=O)N(c2cccc(Br)c2C(=O)O)C1. The van der Waals surface area contributed by atoms with Gasteiger partial charge in [-0.3, -0.25) is 9.59 Å². The maximum atomic E-state index is 12.0. The maximum Gasteiger partial charge on any atom is 0.338 e. The second-order valence-electron chi connectivity index (χ2n) is 4.37. The zero-order chi connectivity index (χ0) is 14.9. The summed E-state index contributed by atoms with van der Waals surface area (Å²) in [6.45, 7) is 0.127. The number of aromatic carboxylic acids is 1. The summed E-state index contributed by atoms with van der Waals surface area (Å²) in [6.07, 6.45) is 0.0260. The monoisotopic (exact) mass is 341 g/mol. The van der Waals surface area contributed by atoms with Gasteiger partial charge in [0, 0.05) is 17.4 Å². The summed E-state index contributed by atoms with van der Waals surface area (Å²) in [7, 11) is 1.26. The molecule has 0 aliphatic carbocycles. The van der Waals surface area contributed by atoms with Crippen molar-refractivity contribution in [2.45, 2.75) is 6.42 Å². The normalized spacial score (nSPS) is 18.2. The quantitative estimate of drug-likeness (QED) is 0.845. The number of carboxylic acid groups (broad SMARTS) is 1. The highest BCUT2D eigenvalue weighted by Gasteiger charge is 2.37. The van der Waals surface area contributed by atoms with Gasteiger partial charge in [0.1, 0.15) is 0 Å². The molecule has 20 heavy (non-hydrogen) atoms. The number of hydrogen-bond donors (Lipinski definition) is 1. The molecule has 1 saturated heterocycles. The van der Waals surface area contributed by atoms with Crippen LogP contribution in [0.15, 0.2) is 22.7 Å². The summed E-state index contributed by atoms with van der Waals surface area (Å²) in [6, 6.07) is 4.78. The second kappa shape index (κ2) is 5.62. The molecule has 0 bridgehead atoms. The van der Waals surface area contributed by atoms with E-state index >= 15 is 0 Å². The summed E-state index contributed by atoms with van der Waals surface area (Å²) in [4.78, 5) is 36.1. The van der Waals surface area contributed by atoms with Crippen LogP contribution >= 0.6 is 15.9 Å². The lowest BCUT2D eigenvalue weighted by Gasteiger charge is -2.19. The number of carbonyl (C=O) groups excluding carboxylic acids is 2. The molecular weight excluding hydrogens is 330 g/mol. The average Bonchev–Trinajstić information content (AvgIpc) is 2.79. The zero-order valence-corrected chi connectivity index (χ0v) is 12.2. The molecular formula is C13H12BrNO5. The molecule has 7 heteroatoms. The van der Waals surface area contributed by atoms with E-state index in [1.54, 1.807) is 18.2 Å². The van der Waals surface area contributed by atoms with Gasteiger partial charge in [0.05, 0.1) is 24.3 Å². The van der Waals surface area contributed by atoms with Gasteiger partial charge in [0.25, 0.3) is 0 Å². The third-order valence-corrected chi connectivity index (χ3v) is 3.82. The molecule has 1 unspecified atom stereocenters. The Morgan fingerprint density at radius 1 is 1.45 bits per heavy atom. The summed E-state index contributed by atoms with van der Waals surface area (Å²) in [5.74, 6) is -2.45. The molecule has 0 spiro atoms. The number of ether oxygens (including phenoxy) is 1. The van der Waals surface area contributed by atoms with Crippen molar-refractivity contribution in [1.29, 1.82) is 0 Å². The molecule has 1 N–H and O–H groups in total. The van der Waals surface area contributed by atoms with E-state index in [4.69, 9.17) is 0 Å². The zero-order valence-electron chi connectivity index (χ0n) is 10.6. The highest BCUT2D eigenvalue weighted by Crippen LogP contribution is 2.32. The van der Waals surface area contributed by atoms with Crippen molar-refractivity contribution in [3.05, 3.63) is 28.2 Å². The van der Waals surface area contributed by atoms with Crippen molar-refractivity contribution < 1.29 is 24.2 Å². The van der Waals surface area contributed by atoms with Gasteiger partial charge >= 0.3 is 11.9 Å². The Morgan fingerprint density at radius 2 is 2.15 bits per heavy atom. The van der Waals surface area contributed by atoms with Crippen molar-refractivity contribution in [3.63, 3.8) is 0 Å². The van der Waals surface area contributed by atoms with Crippen LogP contribution in [0, 0.1) is 5.92 Å². The van der Waals surface area contributed by atoms with Crippen LogP contribution in [0.1, 0.15) is 16.8 Å². The first-order chi connectivity index (χ1) is 9.45. The second-order valence-corrected chi connectivity index (χ2v) is 5.22. The van der Waals surface area contributed by atoms with Gasteiger partial charge in [-0.05, 0) is 28.1 Å². The number of esters is 1. The van der Waals surface area contributed by atoms with Crippen molar-refractivity contribution >= 4 is 39.5 Å². The molecule has 106 valence electrons. The minimum Gasteiger partial charge on any atom is -0.478 e. The van der Waals surface area contributed by atoms with Crippen LogP contribution in [0.3, 0.4) is 0 Å². The predicted molar refractivity (Wildman–Crippen MR) is 73.6 cm³/mol. The van der Waals surface area contributed by atoms with Gasteiger partial charge in [0.2, 0.25) is 5.91 Å². The Hall–Kier alpha value is -1.89. The molecule has 6 nitrogen and oxygen atoms in total. The topological polar surface area (TPSA) is 83.9 Å². The highest BCUT2D eigenvalue weighted by molar-refractivity contribution is 9.10. The van der Waals surface area contributed by atoms with E-state index in [-0.39, 0.29) is 30.1 Å². The van der Waals surface area contributed by atoms with E-state index in [1.807, 2.05) is 0 Å². The number of methoxy groups -OCH3 is 1.